The van der Waals surface area contributed by atoms with Gasteiger partial charge >= 0.3 is 0 Å². The molecule has 0 saturated carbocycles. The van der Waals surface area contributed by atoms with E-state index in [0.29, 0.717) is 19.0 Å². The zero-order valence-electron chi connectivity index (χ0n) is 10.9. The molecule has 3 N–H and O–H groups in total. The van der Waals surface area contributed by atoms with Gasteiger partial charge < -0.3 is 20.3 Å². The first-order valence-electron chi connectivity index (χ1n) is 6.25. The predicted octanol–water partition coefficient (Wildman–Crippen LogP) is 0.560. The van der Waals surface area contributed by atoms with Crippen LogP contribution in [0.5, 0.6) is 5.88 Å². The number of hydrogen-bond donors (Lipinski definition) is 3. The van der Waals surface area contributed by atoms with Crippen molar-refractivity contribution >= 4 is 11.7 Å². The van der Waals surface area contributed by atoms with Gasteiger partial charge in [0.25, 0.3) is 0 Å². The Morgan fingerprint density at radius 3 is 2.65 bits per heavy atom. The summed E-state index contributed by atoms with van der Waals surface area (Å²) in [5.41, 5.74) is 1.98. The maximum absolute atomic E-state index is 9.74. The van der Waals surface area contributed by atoms with E-state index in [4.69, 9.17) is 9.84 Å². The highest BCUT2D eigenvalue weighted by Gasteiger charge is 2.06. The van der Waals surface area contributed by atoms with Crippen LogP contribution in [-0.4, -0.2) is 38.2 Å². The summed E-state index contributed by atoms with van der Waals surface area (Å²) >= 11 is 1.07. The van der Waals surface area contributed by atoms with E-state index >= 15 is 0 Å². The number of nitrogens with zero attached hydrogens (tertiary/aromatic N) is 2. The molecule has 20 heavy (non-hydrogen) atoms. The number of hydrogen-bond acceptors (Lipinski definition) is 7. The third-order valence-electron chi connectivity index (χ3n) is 2.68. The van der Waals surface area contributed by atoms with Crippen LogP contribution < -0.4 is 10.1 Å². The molecule has 0 radical (unpaired) electrons. The summed E-state index contributed by atoms with van der Waals surface area (Å²) in [5.74, 6) is 0.439. The second-order valence-electron chi connectivity index (χ2n) is 4.32. The number of ether oxygens (including phenoxy) is 1. The highest BCUT2D eigenvalue weighted by Crippen LogP contribution is 2.06. The Morgan fingerprint density at radius 1 is 1.25 bits per heavy atom. The minimum Gasteiger partial charge on any atom is -0.473 e. The first-order valence-corrected chi connectivity index (χ1v) is 6.99. The summed E-state index contributed by atoms with van der Waals surface area (Å²) in [6.07, 6.45) is 0.918. The predicted molar refractivity (Wildman–Crippen MR) is 75.5 cm³/mol. The average Bonchev–Trinajstić information content (AvgIpc) is 2.99. The van der Waals surface area contributed by atoms with Crippen LogP contribution in [0.25, 0.3) is 0 Å². The minimum absolute atomic E-state index is 0.0508. The van der Waals surface area contributed by atoms with Crippen molar-refractivity contribution < 1.29 is 14.9 Å². The number of benzene rings is 1. The standard InChI is InChI=1S/C13H17N3O3S/c17-8-11-3-1-10(2-4-11)5-14-6-12(18)9-19-13-7-15-20-16-13/h1-4,7,12,14,17-18H,5-6,8-9H2. The maximum Gasteiger partial charge on any atom is 0.245 e. The third-order valence-corrected chi connectivity index (χ3v) is 3.14. The molecule has 0 spiro atoms. The van der Waals surface area contributed by atoms with Crippen molar-refractivity contribution in [2.75, 3.05) is 13.2 Å². The Hall–Kier alpha value is -1.54. The molecule has 7 heteroatoms. The van der Waals surface area contributed by atoms with Gasteiger partial charge in [-0.15, -0.1) is 4.37 Å². The van der Waals surface area contributed by atoms with Crippen molar-refractivity contribution in [3.8, 4) is 5.88 Å². The Labute approximate surface area is 121 Å². The molecule has 0 fully saturated rings. The molecule has 0 amide bonds. The van der Waals surface area contributed by atoms with Crippen LogP contribution in [0.1, 0.15) is 11.1 Å². The van der Waals surface area contributed by atoms with Gasteiger partial charge in [0.1, 0.15) is 18.9 Å². The van der Waals surface area contributed by atoms with Crippen molar-refractivity contribution in [2.24, 2.45) is 0 Å². The molecule has 2 rings (SSSR count). The molecule has 0 saturated heterocycles. The Balaban J connectivity index is 1.64. The van der Waals surface area contributed by atoms with Gasteiger partial charge in [0.2, 0.25) is 5.88 Å². The lowest BCUT2D eigenvalue weighted by Crippen LogP contribution is -2.31. The first-order chi connectivity index (χ1) is 9.78. The lowest BCUT2D eigenvalue weighted by atomic mass is 10.1. The summed E-state index contributed by atoms with van der Waals surface area (Å²) in [5, 5.41) is 21.8. The van der Waals surface area contributed by atoms with Crippen LogP contribution >= 0.6 is 11.7 Å². The minimum atomic E-state index is -0.603. The van der Waals surface area contributed by atoms with Crippen molar-refractivity contribution in [1.29, 1.82) is 0 Å². The van der Waals surface area contributed by atoms with Gasteiger partial charge in [0.05, 0.1) is 18.3 Å². The van der Waals surface area contributed by atoms with Gasteiger partial charge in [0, 0.05) is 13.1 Å². The molecule has 0 aliphatic rings. The van der Waals surface area contributed by atoms with Crippen LogP contribution in [0.4, 0.5) is 0 Å². The van der Waals surface area contributed by atoms with E-state index in [1.54, 1.807) is 0 Å². The van der Waals surface area contributed by atoms with Gasteiger partial charge in [-0.2, -0.15) is 4.37 Å². The van der Waals surface area contributed by atoms with E-state index < -0.39 is 6.10 Å². The molecular weight excluding hydrogens is 278 g/mol. The summed E-state index contributed by atoms with van der Waals surface area (Å²) in [6, 6.07) is 7.66. The summed E-state index contributed by atoms with van der Waals surface area (Å²) < 4.78 is 13.0. The molecule has 1 unspecified atom stereocenters. The Morgan fingerprint density at radius 2 is 2.00 bits per heavy atom. The molecule has 2 aromatic rings. The molecule has 1 aromatic heterocycles. The van der Waals surface area contributed by atoms with E-state index in [-0.39, 0.29) is 13.2 Å². The summed E-state index contributed by atoms with van der Waals surface area (Å²) in [7, 11) is 0. The van der Waals surface area contributed by atoms with E-state index in [1.807, 2.05) is 24.3 Å². The Kier molecular flexibility index (Phi) is 5.87. The fourth-order valence-electron chi connectivity index (χ4n) is 1.61. The number of aliphatic hydroxyl groups excluding tert-OH is 2. The van der Waals surface area contributed by atoms with Crippen molar-refractivity contribution in [1.82, 2.24) is 14.1 Å². The largest absolute Gasteiger partial charge is 0.473 e. The van der Waals surface area contributed by atoms with Gasteiger partial charge in [-0.3, -0.25) is 0 Å². The monoisotopic (exact) mass is 295 g/mol. The third kappa shape index (κ3) is 4.86. The van der Waals surface area contributed by atoms with Gasteiger partial charge in [-0.1, -0.05) is 24.3 Å². The normalized spacial score (nSPS) is 12.3. The van der Waals surface area contributed by atoms with Crippen molar-refractivity contribution in [3.63, 3.8) is 0 Å². The van der Waals surface area contributed by atoms with Crippen LogP contribution in [0.2, 0.25) is 0 Å². The van der Waals surface area contributed by atoms with Crippen molar-refractivity contribution in [2.45, 2.75) is 19.3 Å². The molecule has 0 bridgehead atoms. The zero-order chi connectivity index (χ0) is 14.2. The lowest BCUT2D eigenvalue weighted by molar-refractivity contribution is 0.104. The number of aliphatic hydroxyl groups is 2. The number of aromatic nitrogens is 2. The molecule has 108 valence electrons. The van der Waals surface area contributed by atoms with E-state index in [0.717, 1.165) is 22.9 Å². The van der Waals surface area contributed by atoms with Crippen LogP contribution in [0.3, 0.4) is 0 Å². The first kappa shape index (κ1) is 14.9. The number of nitrogens with one attached hydrogen (secondary N) is 1. The van der Waals surface area contributed by atoms with Crippen molar-refractivity contribution in [3.05, 3.63) is 41.6 Å². The lowest BCUT2D eigenvalue weighted by Gasteiger charge is -2.12. The molecule has 1 atom stereocenters. The highest BCUT2D eigenvalue weighted by molar-refractivity contribution is 6.99. The quantitative estimate of drug-likeness (QED) is 0.659. The molecule has 1 aromatic carbocycles. The van der Waals surface area contributed by atoms with Gasteiger partial charge in [0.15, 0.2) is 0 Å². The smallest absolute Gasteiger partial charge is 0.245 e. The highest BCUT2D eigenvalue weighted by atomic mass is 32.1. The molecule has 6 nitrogen and oxygen atoms in total. The van der Waals surface area contributed by atoms with E-state index in [9.17, 15) is 5.11 Å². The van der Waals surface area contributed by atoms with E-state index in [1.165, 1.54) is 6.20 Å². The molecular formula is C13H17N3O3S. The molecule has 0 aliphatic carbocycles. The number of rotatable bonds is 8. The summed E-state index contributed by atoms with van der Waals surface area (Å²) in [6.45, 7) is 1.32. The zero-order valence-corrected chi connectivity index (χ0v) is 11.7. The molecule has 0 aliphatic heterocycles. The topological polar surface area (TPSA) is 87.5 Å². The van der Waals surface area contributed by atoms with Crippen LogP contribution in [-0.2, 0) is 13.2 Å². The summed E-state index contributed by atoms with van der Waals surface area (Å²) in [4.78, 5) is 0. The Bertz CT molecular complexity index is 490. The van der Waals surface area contributed by atoms with Crippen LogP contribution in [0.15, 0.2) is 30.5 Å². The molecule has 1 heterocycles. The van der Waals surface area contributed by atoms with E-state index in [2.05, 4.69) is 14.1 Å². The second kappa shape index (κ2) is 7.91. The maximum atomic E-state index is 9.74. The van der Waals surface area contributed by atoms with Gasteiger partial charge in [-0.05, 0) is 11.1 Å². The van der Waals surface area contributed by atoms with Crippen LogP contribution in [0, 0.1) is 0 Å². The average molecular weight is 295 g/mol. The fourth-order valence-corrected chi connectivity index (χ4v) is 1.97. The second-order valence-corrected chi connectivity index (χ2v) is 4.87. The fraction of sp³-hybridized carbons (Fsp3) is 0.385. The van der Waals surface area contributed by atoms with Gasteiger partial charge in [-0.25, -0.2) is 0 Å². The SMILES string of the molecule is OCc1ccc(CNCC(O)COc2cnsn2)cc1.